The normalized spacial score (nSPS) is 12.7. The van der Waals surface area contributed by atoms with Gasteiger partial charge in [-0.2, -0.15) is 0 Å². The summed E-state index contributed by atoms with van der Waals surface area (Å²) in [5.41, 5.74) is 3.78. The molecule has 0 saturated heterocycles. The molecule has 1 atom stereocenters. The van der Waals surface area contributed by atoms with Crippen molar-refractivity contribution in [2.24, 2.45) is 5.84 Å². The molecule has 0 aliphatic rings. The van der Waals surface area contributed by atoms with E-state index in [1.165, 1.54) is 17.4 Å². The molecule has 1 heterocycles. The molecule has 0 fully saturated rings. The van der Waals surface area contributed by atoms with E-state index >= 15 is 0 Å². The minimum atomic E-state index is -0.894. The Hall–Kier alpha value is -1.37. The Labute approximate surface area is 101 Å². The molecule has 0 amide bonds. The summed E-state index contributed by atoms with van der Waals surface area (Å²) < 4.78 is 26.0. The van der Waals surface area contributed by atoms with Crippen molar-refractivity contribution in [3.8, 4) is 0 Å². The number of hydrazine groups is 1. The van der Waals surface area contributed by atoms with Crippen LogP contribution >= 0.6 is 11.3 Å². The molecule has 17 heavy (non-hydrogen) atoms. The smallest absolute Gasteiger partial charge is 0.159 e. The van der Waals surface area contributed by atoms with Crippen molar-refractivity contribution in [2.75, 3.05) is 0 Å². The largest absolute Gasteiger partial charge is 0.271 e. The SMILES string of the molecule is Cc1nc(C(NN)c2ccc(F)c(F)c2)cs1. The summed E-state index contributed by atoms with van der Waals surface area (Å²) in [5, 5.41) is 2.73. The second-order valence-corrected chi connectivity index (χ2v) is 4.63. The first-order valence-electron chi connectivity index (χ1n) is 4.95. The first-order valence-corrected chi connectivity index (χ1v) is 5.83. The maximum atomic E-state index is 13.1. The van der Waals surface area contributed by atoms with Gasteiger partial charge in [-0.05, 0) is 24.6 Å². The van der Waals surface area contributed by atoms with Crippen LogP contribution < -0.4 is 11.3 Å². The number of nitrogens with one attached hydrogen (secondary N) is 1. The average Bonchev–Trinajstić information content (AvgIpc) is 2.71. The number of halogens is 2. The lowest BCUT2D eigenvalue weighted by atomic mass is 10.1. The zero-order chi connectivity index (χ0) is 12.4. The van der Waals surface area contributed by atoms with Gasteiger partial charge >= 0.3 is 0 Å². The van der Waals surface area contributed by atoms with Gasteiger partial charge in [-0.15, -0.1) is 11.3 Å². The fourth-order valence-electron chi connectivity index (χ4n) is 1.56. The second kappa shape index (κ2) is 4.87. The van der Waals surface area contributed by atoms with Crippen molar-refractivity contribution in [3.63, 3.8) is 0 Å². The average molecular weight is 255 g/mol. The lowest BCUT2D eigenvalue weighted by Gasteiger charge is -2.14. The van der Waals surface area contributed by atoms with Crippen molar-refractivity contribution < 1.29 is 8.78 Å². The van der Waals surface area contributed by atoms with Gasteiger partial charge in [-0.3, -0.25) is 5.84 Å². The van der Waals surface area contributed by atoms with Crippen molar-refractivity contribution in [1.82, 2.24) is 10.4 Å². The van der Waals surface area contributed by atoms with E-state index in [4.69, 9.17) is 5.84 Å². The quantitative estimate of drug-likeness (QED) is 0.653. The summed E-state index contributed by atoms with van der Waals surface area (Å²) in [6.45, 7) is 1.87. The lowest BCUT2D eigenvalue weighted by Crippen LogP contribution is -2.29. The fourth-order valence-corrected chi connectivity index (χ4v) is 2.20. The van der Waals surface area contributed by atoms with Crippen LogP contribution in [0.4, 0.5) is 8.78 Å². The summed E-state index contributed by atoms with van der Waals surface area (Å²) in [4.78, 5) is 4.27. The van der Waals surface area contributed by atoms with Gasteiger partial charge in [-0.25, -0.2) is 19.2 Å². The molecule has 0 saturated carbocycles. The van der Waals surface area contributed by atoms with Gasteiger partial charge in [0.2, 0.25) is 0 Å². The van der Waals surface area contributed by atoms with Gasteiger partial charge in [-0.1, -0.05) is 6.07 Å². The van der Waals surface area contributed by atoms with Crippen molar-refractivity contribution in [3.05, 3.63) is 51.5 Å². The first-order chi connectivity index (χ1) is 8.11. The van der Waals surface area contributed by atoms with Crippen LogP contribution in [0.25, 0.3) is 0 Å². The number of aryl methyl sites for hydroxylation is 1. The highest BCUT2D eigenvalue weighted by molar-refractivity contribution is 7.09. The standard InChI is InChI=1S/C11H11F2N3S/c1-6-15-10(5-17-6)11(16-14)7-2-3-8(12)9(13)4-7/h2-5,11,16H,14H2,1H3. The summed E-state index contributed by atoms with van der Waals surface area (Å²) >= 11 is 1.48. The van der Waals surface area contributed by atoms with Crippen molar-refractivity contribution in [2.45, 2.75) is 13.0 Å². The third kappa shape index (κ3) is 2.49. The summed E-state index contributed by atoms with van der Waals surface area (Å²) in [6, 6.07) is 3.25. The number of hydrogen-bond acceptors (Lipinski definition) is 4. The second-order valence-electron chi connectivity index (χ2n) is 3.56. The van der Waals surface area contributed by atoms with Gasteiger partial charge in [0, 0.05) is 5.38 Å². The molecule has 2 aromatic rings. The Kier molecular flexibility index (Phi) is 3.46. The number of nitrogens with zero attached hydrogens (tertiary/aromatic N) is 1. The van der Waals surface area contributed by atoms with Crippen LogP contribution in [0.15, 0.2) is 23.6 Å². The highest BCUT2D eigenvalue weighted by Gasteiger charge is 2.16. The van der Waals surface area contributed by atoms with Crippen LogP contribution in [-0.4, -0.2) is 4.98 Å². The Morgan fingerprint density at radius 3 is 2.65 bits per heavy atom. The van der Waals surface area contributed by atoms with Crippen LogP contribution in [0.1, 0.15) is 22.3 Å². The van der Waals surface area contributed by atoms with E-state index in [9.17, 15) is 8.78 Å². The fraction of sp³-hybridized carbons (Fsp3) is 0.182. The van der Waals surface area contributed by atoms with Crippen molar-refractivity contribution >= 4 is 11.3 Å². The molecule has 3 nitrogen and oxygen atoms in total. The molecule has 90 valence electrons. The Morgan fingerprint density at radius 1 is 1.35 bits per heavy atom. The molecule has 0 aliphatic heterocycles. The number of aromatic nitrogens is 1. The van der Waals surface area contributed by atoms with Crippen LogP contribution in [0.2, 0.25) is 0 Å². The monoisotopic (exact) mass is 255 g/mol. The Morgan fingerprint density at radius 2 is 2.12 bits per heavy atom. The molecule has 0 bridgehead atoms. The number of nitrogens with two attached hydrogens (primary N) is 1. The van der Waals surface area contributed by atoms with E-state index in [0.717, 1.165) is 17.1 Å². The number of hydrogen-bond donors (Lipinski definition) is 2. The predicted octanol–water partition coefficient (Wildman–Crippen LogP) is 2.28. The lowest BCUT2D eigenvalue weighted by molar-refractivity contribution is 0.503. The molecule has 0 spiro atoms. The highest BCUT2D eigenvalue weighted by atomic mass is 32.1. The van der Waals surface area contributed by atoms with Gasteiger partial charge in [0.05, 0.1) is 16.7 Å². The molecule has 1 aromatic carbocycles. The van der Waals surface area contributed by atoms with Crippen LogP contribution in [0.3, 0.4) is 0 Å². The summed E-state index contributed by atoms with van der Waals surface area (Å²) in [5.74, 6) is 3.66. The molecule has 1 aromatic heterocycles. The summed E-state index contributed by atoms with van der Waals surface area (Å²) in [7, 11) is 0. The zero-order valence-corrected chi connectivity index (χ0v) is 9.89. The molecular formula is C11H11F2N3S. The molecular weight excluding hydrogens is 244 g/mol. The minimum absolute atomic E-state index is 0.435. The maximum absolute atomic E-state index is 13.1. The van der Waals surface area contributed by atoms with Gasteiger partial charge < -0.3 is 0 Å². The van der Waals surface area contributed by atoms with E-state index in [1.54, 1.807) is 0 Å². The molecule has 2 rings (SSSR count). The molecule has 1 unspecified atom stereocenters. The Balaban J connectivity index is 2.38. The predicted molar refractivity (Wildman–Crippen MR) is 62.4 cm³/mol. The minimum Gasteiger partial charge on any atom is -0.271 e. The van der Waals surface area contributed by atoms with Crippen LogP contribution in [0.5, 0.6) is 0 Å². The van der Waals surface area contributed by atoms with Gasteiger partial charge in [0.1, 0.15) is 0 Å². The topological polar surface area (TPSA) is 50.9 Å². The van der Waals surface area contributed by atoms with E-state index in [2.05, 4.69) is 10.4 Å². The van der Waals surface area contributed by atoms with Crippen LogP contribution in [-0.2, 0) is 0 Å². The molecule has 0 aliphatic carbocycles. The summed E-state index contributed by atoms with van der Waals surface area (Å²) in [6.07, 6.45) is 0. The third-order valence-corrected chi connectivity index (χ3v) is 3.17. The number of thiazole rings is 1. The zero-order valence-electron chi connectivity index (χ0n) is 9.08. The molecule has 0 radical (unpaired) electrons. The Bertz CT molecular complexity index is 527. The number of rotatable bonds is 3. The molecule has 6 heteroatoms. The maximum Gasteiger partial charge on any atom is 0.159 e. The van der Waals surface area contributed by atoms with Gasteiger partial charge in [0.25, 0.3) is 0 Å². The first kappa shape index (κ1) is 12.1. The highest BCUT2D eigenvalue weighted by Crippen LogP contribution is 2.24. The molecule has 3 N–H and O–H groups in total. The van der Waals surface area contributed by atoms with E-state index in [-0.39, 0.29) is 0 Å². The van der Waals surface area contributed by atoms with Crippen molar-refractivity contribution in [1.29, 1.82) is 0 Å². The van der Waals surface area contributed by atoms with E-state index < -0.39 is 17.7 Å². The van der Waals surface area contributed by atoms with E-state index in [1.807, 2.05) is 12.3 Å². The van der Waals surface area contributed by atoms with Crippen LogP contribution in [0, 0.1) is 18.6 Å². The van der Waals surface area contributed by atoms with Gasteiger partial charge in [0.15, 0.2) is 11.6 Å². The third-order valence-electron chi connectivity index (χ3n) is 2.38. The van der Waals surface area contributed by atoms with E-state index in [0.29, 0.717) is 11.3 Å². The number of benzene rings is 1.